The first-order chi connectivity index (χ1) is 40.3. The molecule has 0 saturated carbocycles. The number of unbranched alkanes of at least 4 members (excludes halogenated alkanes) is 4. The average molecular weight is 1170 g/mol. The number of rotatable bonds is 36. The molecule has 4 atom stereocenters. The Balaban J connectivity index is 1.56. The molecule has 4 rings (SSSR count). The number of carbonyl (C=O) groups excluding carboxylic acids is 8. The van der Waals surface area contributed by atoms with Crippen LogP contribution in [-0.4, -0.2) is 132 Å². The molecule has 0 fully saturated rings. The maximum absolute atomic E-state index is 14.3. The van der Waals surface area contributed by atoms with Gasteiger partial charge in [-0.25, -0.2) is 0 Å². The summed E-state index contributed by atoms with van der Waals surface area (Å²) in [6.45, 7) is 1.38. The molecule has 0 aromatic heterocycles. The standard InChI is InChI=1S/C57H81N15O12/c1-81-45-21-17-33(29-37(45)49(62)73)65-53(77)41(13-5-9-25-58)69-50(74)38-30-34(18-22-46(38)82-2)66-54(78)42(14-6-10-26-59)70-51(75)39-31-35(19-23-47(39)83-3)67-55(79)43(15-7-11-27-60)71-52(76)40-32-36(20-24-48(40)84-4)68-56(80)44(72-57(63)64)16-8-12-28-61/h17-24,29-32,41-44H,5-16,25-28,58-61H2,1-4H3,(H2,62,73)(H,65,77)(H,66,78)(H,67,79)(H,68,80)(H,69,74)(H,70,75)(H,71,76)(H4,63,64,72)/t41-,42-,43-,44-/m0/s1. The van der Waals surface area contributed by atoms with Crippen molar-refractivity contribution in [3.8, 4) is 23.0 Å². The zero-order chi connectivity index (χ0) is 61.7. The molecule has 0 aliphatic rings. The summed E-state index contributed by atoms with van der Waals surface area (Å²) < 4.78 is 21.7. The number of methoxy groups -OCH3 is 4. The summed E-state index contributed by atoms with van der Waals surface area (Å²) in [6, 6.07) is 13.0. The molecule has 0 unspecified atom stereocenters. The third kappa shape index (κ3) is 20.7. The molecule has 0 bridgehead atoms. The fourth-order valence-corrected chi connectivity index (χ4v) is 8.73. The summed E-state index contributed by atoms with van der Waals surface area (Å²) in [4.78, 5) is 110. The third-order valence-corrected chi connectivity index (χ3v) is 13.2. The highest BCUT2D eigenvalue weighted by molar-refractivity contribution is 6.08. The maximum Gasteiger partial charge on any atom is 0.255 e. The van der Waals surface area contributed by atoms with E-state index in [0.717, 1.165) is 0 Å². The second kappa shape index (κ2) is 35.1. The van der Waals surface area contributed by atoms with Crippen LogP contribution in [0.4, 0.5) is 22.7 Å². The van der Waals surface area contributed by atoms with Crippen LogP contribution in [0.1, 0.15) is 118 Å². The number of benzene rings is 4. The van der Waals surface area contributed by atoms with Gasteiger partial charge in [-0.15, -0.1) is 0 Å². The van der Waals surface area contributed by atoms with Gasteiger partial charge in [0.25, 0.3) is 23.6 Å². The number of nitrogens with two attached hydrogens (primary N) is 6. The number of anilines is 4. The fraction of sp³-hybridized carbons (Fsp3) is 0.421. The first kappa shape index (κ1) is 67.5. The van der Waals surface area contributed by atoms with Crippen LogP contribution in [0.2, 0.25) is 0 Å². The van der Waals surface area contributed by atoms with E-state index >= 15 is 0 Å². The number of guanidine groups is 1. The van der Waals surface area contributed by atoms with Gasteiger partial charge in [-0.1, -0.05) is 0 Å². The molecule has 0 aliphatic heterocycles. The highest BCUT2D eigenvalue weighted by atomic mass is 16.5. The molecular formula is C57H81N15O12. The molecule has 27 heteroatoms. The highest BCUT2D eigenvalue weighted by Gasteiger charge is 2.29. The number of hydrogen-bond acceptors (Lipinski definition) is 17. The lowest BCUT2D eigenvalue weighted by Gasteiger charge is -2.22. The Morgan fingerprint density at radius 1 is 0.381 bits per heavy atom. The minimum Gasteiger partial charge on any atom is -0.496 e. The van der Waals surface area contributed by atoms with E-state index in [2.05, 4.69) is 42.5 Å². The fourth-order valence-electron chi connectivity index (χ4n) is 8.73. The highest BCUT2D eigenvalue weighted by Crippen LogP contribution is 2.28. The molecule has 4 aromatic carbocycles. The Morgan fingerprint density at radius 2 is 0.619 bits per heavy atom. The lowest BCUT2D eigenvalue weighted by atomic mass is 10.1. The van der Waals surface area contributed by atoms with Gasteiger partial charge in [-0.2, -0.15) is 0 Å². The van der Waals surface area contributed by atoms with Gasteiger partial charge in [0.15, 0.2) is 5.96 Å². The molecule has 0 heterocycles. The Labute approximate surface area is 488 Å². The monoisotopic (exact) mass is 1170 g/mol. The summed E-state index contributed by atoms with van der Waals surface area (Å²) in [5, 5.41) is 29.6. The largest absolute Gasteiger partial charge is 0.496 e. The van der Waals surface area contributed by atoms with Gasteiger partial charge < -0.3 is 95.9 Å². The van der Waals surface area contributed by atoms with E-state index in [-0.39, 0.29) is 87.3 Å². The van der Waals surface area contributed by atoms with Crippen LogP contribution < -0.4 is 95.9 Å². The predicted molar refractivity (Wildman–Crippen MR) is 319 cm³/mol. The van der Waals surface area contributed by atoms with Crippen molar-refractivity contribution < 1.29 is 57.3 Å². The summed E-state index contributed by atoms with van der Waals surface area (Å²) in [5.41, 5.74) is 34.7. The molecule has 21 N–H and O–H groups in total. The molecule has 0 radical (unpaired) electrons. The molecule has 84 heavy (non-hydrogen) atoms. The van der Waals surface area contributed by atoms with Gasteiger partial charge in [0.1, 0.15) is 47.2 Å². The van der Waals surface area contributed by atoms with E-state index in [1.54, 1.807) is 0 Å². The molecule has 0 spiro atoms. The molecule has 0 saturated heterocycles. The summed E-state index contributed by atoms with van der Waals surface area (Å²) in [7, 11) is 5.41. The van der Waals surface area contributed by atoms with Crippen molar-refractivity contribution in [3.05, 3.63) is 95.1 Å². The van der Waals surface area contributed by atoms with Crippen molar-refractivity contribution in [1.29, 1.82) is 5.41 Å². The zero-order valence-electron chi connectivity index (χ0n) is 47.9. The van der Waals surface area contributed by atoms with E-state index in [1.165, 1.54) is 101 Å². The number of nitrogens with one attached hydrogen (secondary N) is 9. The summed E-state index contributed by atoms with van der Waals surface area (Å²) >= 11 is 0. The number of carbonyl (C=O) groups is 8. The van der Waals surface area contributed by atoms with Crippen LogP contribution in [0, 0.1) is 5.41 Å². The molecule has 27 nitrogen and oxygen atoms in total. The molecule has 8 amide bonds. The minimum atomic E-state index is -1.18. The minimum absolute atomic E-state index is 0.00689. The van der Waals surface area contributed by atoms with Crippen molar-refractivity contribution in [2.45, 2.75) is 101 Å². The molecule has 4 aromatic rings. The smallest absolute Gasteiger partial charge is 0.255 e. The number of primary amides is 1. The SMILES string of the molecule is COc1ccc(NC(=O)[C@H](CCCCN)NC(=O)c2cc(NC(=O)[C@H](CCCCN)NC(=O)c3cc(NC(=O)[C@H](CCCCN)NC(=O)c4cc(NC(=O)[C@H](CCCCN)NC(=N)N)ccc4OC)ccc3OC)ccc2OC)cc1C(N)=O. The van der Waals surface area contributed by atoms with Gasteiger partial charge >= 0.3 is 0 Å². The van der Waals surface area contributed by atoms with Gasteiger partial charge in [-0.05, 0) is 176 Å². The Morgan fingerprint density at radius 3 is 0.845 bits per heavy atom. The van der Waals surface area contributed by atoms with Gasteiger partial charge in [0.2, 0.25) is 23.6 Å². The van der Waals surface area contributed by atoms with Crippen molar-refractivity contribution in [2.75, 3.05) is 75.9 Å². The Hall–Kier alpha value is -9.05. The average Bonchev–Trinajstić information content (AvgIpc) is 3.56. The van der Waals surface area contributed by atoms with E-state index in [0.29, 0.717) is 84.0 Å². The second-order valence-corrected chi connectivity index (χ2v) is 19.3. The lowest BCUT2D eigenvalue weighted by Crippen LogP contribution is -2.46. The van der Waals surface area contributed by atoms with Crippen LogP contribution >= 0.6 is 0 Å². The lowest BCUT2D eigenvalue weighted by molar-refractivity contribution is -0.118. The first-order valence-electron chi connectivity index (χ1n) is 27.4. The van der Waals surface area contributed by atoms with E-state index in [4.69, 9.17) is 58.8 Å². The number of amides is 8. The second-order valence-electron chi connectivity index (χ2n) is 19.3. The van der Waals surface area contributed by atoms with E-state index < -0.39 is 77.4 Å². The third-order valence-electron chi connectivity index (χ3n) is 13.2. The van der Waals surface area contributed by atoms with Crippen molar-refractivity contribution in [1.82, 2.24) is 21.3 Å². The van der Waals surface area contributed by atoms with Crippen LogP contribution in [0.3, 0.4) is 0 Å². The normalized spacial score (nSPS) is 12.2. The summed E-state index contributed by atoms with van der Waals surface area (Å²) in [6.07, 6.45) is 4.94. The van der Waals surface area contributed by atoms with E-state index in [1.807, 2.05) is 0 Å². The van der Waals surface area contributed by atoms with Crippen molar-refractivity contribution >= 4 is 76.0 Å². The van der Waals surface area contributed by atoms with Crippen molar-refractivity contribution in [3.63, 3.8) is 0 Å². The molecular weight excluding hydrogens is 1090 g/mol. The van der Waals surface area contributed by atoms with E-state index in [9.17, 15) is 38.4 Å². The Kier molecular flexibility index (Phi) is 28.2. The van der Waals surface area contributed by atoms with Crippen LogP contribution in [0.25, 0.3) is 0 Å². The van der Waals surface area contributed by atoms with Gasteiger partial charge in [0.05, 0.1) is 50.7 Å². The van der Waals surface area contributed by atoms with Gasteiger partial charge in [-0.3, -0.25) is 43.8 Å². The van der Waals surface area contributed by atoms with Crippen LogP contribution in [0.5, 0.6) is 23.0 Å². The number of hydrogen-bond donors (Lipinski definition) is 15. The molecule has 0 aliphatic carbocycles. The number of ether oxygens (including phenoxy) is 4. The zero-order valence-corrected chi connectivity index (χ0v) is 47.9. The van der Waals surface area contributed by atoms with Crippen LogP contribution in [-0.2, 0) is 19.2 Å². The summed E-state index contributed by atoms with van der Waals surface area (Å²) in [5.74, 6) is -5.24. The van der Waals surface area contributed by atoms with Crippen LogP contribution in [0.15, 0.2) is 72.8 Å². The predicted octanol–water partition coefficient (Wildman–Crippen LogP) is 2.34. The first-order valence-corrected chi connectivity index (χ1v) is 27.4. The maximum atomic E-state index is 14.3. The van der Waals surface area contributed by atoms with Gasteiger partial charge in [0, 0.05) is 22.7 Å². The Bertz CT molecular complexity index is 2930. The molecule has 456 valence electrons. The topological polar surface area (TPSA) is 450 Å². The van der Waals surface area contributed by atoms with Crippen molar-refractivity contribution in [2.24, 2.45) is 34.4 Å². The quantitative estimate of drug-likeness (QED) is 0.0176.